The van der Waals surface area contributed by atoms with Gasteiger partial charge in [0.1, 0.15) is 10.7 Å². The molecule has 0 spiro atoms. The van der Waals surface area contributed by atoms with Gasteiger partial charge in [-0.25, -0.2) is 4.98 Å². The molecule has 1 amide bonds. The van der Waals surface area contributed by atoms with Gasteiger partial charge in [-0.2, -0.15) is 0 Å². The lowest BCUT2D eigenvalue weighted by Gasteiger charge is -2.05. The van der Waals surface area contributed by atoms with Crippen LogP contribution >= 0.6 is 11.3 Å². The number of amides is 1. The van der Waals surface area contributed by atoms with E-state index in [4.69, 9.17) is 0 Å². The van der Waals surface area contributed by atoms with Crippen molar-refractivity contribution >= 4 is 33.1 Å². The molecule has 1 aromatic carbocycles. The number of aromatic nitrogens is 2. The number of thiophene rings is 1. The van der Waals surface area contributed by atoms with E-state index >= 15 is 0 Å². The van der Waals surface area contributed by atoms with Crippen LogP contribution in [0.25, 0.3) is 10.2 Å². The highest BCUT2D eigenvalue weighted by Crippen LogP contribution is 2.32. The Balaban J connectivity index is 1.58. The highest BCUT2D eigenvalue weighted by atomic mass is 32.1. The number of hydrogen-bond donors (Lipinski definition) is 2. The minimum absolute atomic E-state index is 0.0572. The molecule has 0 fully saturated rings. The van der Waals surface area contributed by atoms with E-state index in [2.05, 4.69) is 15.3 Å². The van der Waals surface area contributed by atoms with Crippen LogP contribution in [0.1, 0.15) is 41.1 Å². The second-order valence-electron chi connectivity index (χ2n) is 6.85. The van der Waals surface area contributed by atoms with Crippen molar-refractivity contribution in [2.24, 2.45) is 0 Å². The van der Waals surface area contributed by atoms with Crippen molar-refractivity contribution in [3.63, 3.8) is 0 Å². The number of nitrogens with zero attached hydrogens (tertiary/aromatic N) is 1. The summed E-state index contributed by atoms with van der Waals surface area (Å²) in [7, 11) is 0. The van der Waals surface area contributed by atoms with Crippen molar-refractivity contribution in [3.8, 4) is 0 Å². The highest BCUT2D eigenvalue weighted by Gasteiger charge is 2.19. The largest absolute Gasteiger partial charge is 0.326 e. The minimum atomic E-state index is -0.186. The van der Waals surface area contributed by atoms with E-state index in [9.17, 15) is 9.59 Å². The lowest BCUT2D eigenvalue weighted by atomic mass is 10.1. The van der Waals surface area contributed by atoms with Crippen LogP contribution in [0.5, 0.6) is 0 Å². The number of rotatable bonds is 3. The number of benzene rings is 1. The zero-order chi connectivity index (χ0) is 18.1. The maximum Gasteiger partial charge on any atom is 0.259 e. The summed E-state index contributed by atoms with van der Waals surface area (Å²) in [5.74, 6) is 0.234. The fourth-order valence-electron chi connectivity index (χ4n) is 3.46. The number of anilines is 1. The maximum absolute atomic E-state index is 12.6. The summed E-state index contributed by atoms with van der Waals surface area (Å²) in [6, 6.07) is 7.62. The summed E-state index contributed by atoms with van der Waals surface area (Å²) in [4.78, 5) is 34.3. The topological polar surface area (TPSA) is 74.8 Å². The van der Waals surface area contributed by atoms with Gasteiger partial charge in [-0.15, -0.1) is 11.3 Å². The molecule has 0 saturated carbocycles. The second kappa shape index (κ2) is 7.03. The van der Waals surface area contributed by atoms with Crippen molar-refractivity contribution in [3.05, 3.63) is 56.4 Å². The molecule has 0 bridgehead atoms. The number of aryl methyl sites for hydroxylation is 3. The molecule has 0 radical (unpaired) electrons. The van der Waals surface area contributed by atoms with Gasteiger partial charge in [-0.3, -0.25) is 9.59 Å². The minimum Gasteiger partial charge on any atom is -0.326 e. The van der Waals surface area contributed by atoms with Crippen LogP contribution in [0.15, 0.2) is 29.1 Å². The third-order valence-corrected chi connectivity index (χ3v) is 5.97. The molecular formula is C20H21N3O2S. The third kappa shape index (κ3) is 3.42. The summed E-state index contributed by atoms with van der Waals surface area (Å²) in [5, 5.41) is 3.58. The molecule has 1 aliphatic carbocycles. The zero-order valence-electron chi connectivity index (χ0n) is 14.7. The molecule has 1 aliphatic rings. The van der Waals surface area contributed by atoms with Gasteiger partial charge in [-0.1, -0.05) is 24.1 Å². The maximum atomic E-state index is 12.6. The fraction of sp³-hybridized carbons (Fsp3) is 0.350. The van der Waals surface area contributed by atoms with E-state index < -0.39 is 0 Å². The first kappa shape index (κ1) is 17.0. The predicted molar refractivity (Wildman–Crippen MR) is 105 cm³/mol. The SMILES string of the molecule is Cc1ccc(NC(=O)Cc2nc3sc4c(c3c(=O)[nH]2)CCCCC4)cc1. The molecule has 0 saturated heterocycles. The Hall–Kier alpha value is -2.47. The van der Waals surface area contributed by atoms with Crippen LogP contribution < -0.4 is 10.9 Å². The standard InChI is InChI=1S/C20H21N3O2S/c1-12-7-9-13(10-8-12)21-17(24)11-16-22-19(25)18-14-5-3-2-4-6-15(14)26-20(18)23-16/h7-10H,2-6,11H2,1H3,(H,21,24)(H,22,23,25). The van der Waals surface area contributed by atoms with Crippen LogP contribution in [0.3, 0.4) is 0 Å². The van der Waals surface area contributed by atoms with Crippen molar-refractivity contribution in [2.75, 3.05) is 5.32 Å². The van der Waals surface area contributed by atoms with E-state index in [1.807, 2.05) is 31.2 Å². The van der Waals surface area contributed by atoms with Crippen LogP contribution in [0, 0.1) is 6.92 Å². The Morgan fingerprint density at radius 3 is 2.77 bits per heavy atom. The molecule has 2 N–H and O–H groups in total. The molecule has 5 nitrogen and oxygen atoms in total. The van der Waals surface area contributed by atoms with Gasteiger partial charge >= 0.3 is 0 Å². The first-order valence-corrected chi connectivity index (χ1v) is 9.82. The van der Waals surface area contributed by atoms with Crippen LogP contribution in [-0.2, 0) is 24.1 Å². The Kier molecular flexibility index (Phi) is 4.59. The van der Waals surface area contributed by atoms with Crippen molar-refractivity contribution in [1.82, 2.24) is 9.97 Å². The number of fused-ring (bicyclic) bond motifs is 3. The van der Waals surface area contributed by atoms with Crippen LogP contribution in [-0.4, -0.2) is 15.9 Å². The van der Waals surface area contributed by atoms with E-state index in [0.717, 1.165) is 40.7 Å². The fourth-order valence-corrected chi connectivity index (χ4v) is 4.74. The number of nitrogens with one attached hydrogen (secondary N) is 2. The van der Waals surface area contributed by atoms with Gasteiger partial charge in [-0.05, 0) is 50.3 Å². The quantitative estimate of drug-likeness (QED) is 0.693. The lowest BCUT2D eigenvalue weighted by molar-refractivity contribution is -0.115. The predicted octanol–water partition coefficient (Wildman–Crippen LogP) is 3.74. The average Bonchev–Trinajstić information content (AvgIpc) is 2.79. The average molecular weight is 367 g/mol. The van der Waals surface area contributed by atoms with Gasteiger partial charge in [0.25, 0.3) is 5.56 Å². The molecule has 0 unspecified atom stereocenters. The van der Waals surface area contributed by atoms with E-state index in [1.165, 1.54) is 23.3 Å². The number of hydrogen-bond acceptors (Lipinski definition) is 4. The summed E-state index contributed by atoms with van der Waals surface area (Å²) in [5.41, 5.74) is 2.93. The highest BCUT2D eigenvalue weighted by molar-refractivity contribution is 7.18. The Labute approximate surface area is 155 Å². The summed E-state index contributed by atoms with van der Waals surface area (Å²) < 4.78 is 0. The summed E-state index contributed by atoms with van der Waals surface area (Å²) >= 11 is 1.61. The number of aromatic amines is 1. The first-order chi connectivity index (χ1) is 12.6. The van der Waals surface area contributed by atoms with Crippen molar-refractivity contribution in [1.29, 1.82) is 0 Å². The Morgan fingerprint density at radius 2 is 1.96 bits per heavy atom. The second-order valence-corrected chi connectivity index (χ2v) is 7.93. The molecule has 6 heteroatoms. The zero-order valence-corrected chi connectivity index (χ0v) is 15.5. The molecular weight excluding hydrogens is 346 g/mol. The molecule has 0 aliphatic heterocycles. The van der Waals surface area contributed by atoms with Crippen molar-refractivity contribution < 1.29 is 4.79 Å². The molecule has 2 aromatic heterocycles. The first-order valence-electron chi connectivity index (χ1n) is 9.00. The smallest absolute Gasteiger partial charge is 0.259 e. The number of H-pyrrole nitrogens is 1. The molecule has 26 heavy (non-hydrogen) atoms. The van der Waals surface area contributed by atoms with E-state index in [1.54, 1.807) is 11.3 Å². The van der Waals surface area contributed by atoms with E-state index in [-0.39, 0.29) is 17.9 Å². The summed E-state index contributed by atoms with van der Waals surface area (Å²) in [6.07, 6.45) is 5.54. The molecule has 2 heterocycles. The number of carbonyl (C=O) groups excluding carboxylic acids is 1. The molecule has 0 atom stereocenters. The van der Waals surface area contributed by atoms with Crippen LogP contribution in [0.2, 0.25) is 0 Å². The lowest BCUT2D eigenvalue weighted by Crippen LogP contribution is -2.19. The number of carbonyl (C=O) groups is 1. The van der Waals surface area contributed by atoms with Gasteiger partial charge in [0.15, 0.2) is 0 Å². The third-order valence-electron chi connectivity index (χ3n) is 4.79. The van der Waals surface area contributed by atoms with Crippen LogP contribution in [0.4, 0.5) is 5.69 Å². The van der Waals surface area contributed by atoms with E-state index in [0.29, 0.717) is 5.82 Å². The van der Waals surface area contributed by atoms with Crippen molar-refractivity contribution in [2.45, 2.75) is 45.4 Å². The Bertz CT molecular complexity index is 1020. The summed E-state index contributed by atoms with van der Waals surface area (Å²) in [6.45, 7) is 2.00. The van der Waals surface area contributed by atoms with Gasteiger partial charge in [0.2, 0.25) is 5.91 Å². The Morgan fingerprint density at radius 1 is 1.19 bits per heavy atom. The monoisotopic (exact) mass is 367 g/mol. The normalized spacial score (nSPS) is 14.0. The molecule has 4 rings (SSSR count). The van der Waals surface area contributed by atoms with Gasteiger partial charge < -0.3 is 10.3 Å². The van der Waals surface area contributed by atoms with Gasteiger partial charge in [0, 0.05) is 10.6 Å². The van der Waals surface area contributed by atoms with Gasteiger partial charge in [0.05, 0.1) is 11.8 Å². The molecule has 3 aromatic rings. The molecule has 134 valence electrons.